The normalized spacial score (nSPS) is 12.3. The van der Waals surface area contributed by atoms with E-state index in [9.17, 15) is 0 Å². The van der Waals surface area contributed by atoms with Crippen LogP contribution in [0, 0.1) is 6.92 Å². The van der Waals surface area contributed by atoms with E-state index >= 15 is 0 Å². The maximum Gasteiger partial charge on any atom is 0.109 e. The molecular weight excluding hydrogens is 374 g/mol. The number of nitrogens with zero attached hydrogens (tertiary/aromatic N) is 3. The number of fused-ring (bicyclic) bond motifs is 7. The van der Waals surface area contributed by atoms with Crippen molar-refractivity contribution in [3.8, 4) is 10.6 Å². The van der Waals surface area contributed by atoms with Crippen LogP contribution in [0.4, 0.5) is 0 Å². The predicted molar refractivity (Wildman–Crippen MR) is 122 cm³/mol. The van der Waals surface area contributed by atoms with E-state index in [2.05, 4.69) is 70.9 Å². The van der Waals surface area contributed by atoms with Crippen LogP contribution in [0.15, 0.2) is 73.2 Å². The highest BCUT2D eigenvalue weighted by atomic mass is 32.1. The van der Waals surface area contributed by atoms with Crippen LogP contribution in [-0.4, -0.2) is 14.4 Å². The molecule has 0 aliphatic rings. The number of aryl methyl sites for hydroxylation is 1. The molecule has 0 spiro atoms. The molecule has 0 saturated heterocycles. The second-order valence-electron chi connectivity index (χ2n) is 7.65. The zero-order valence-electron chi connectivity index (χ0n) is 15.7. The SMILES string of the molecule is Cc1ccc2c3cncc4c5cc(-c6nccc7ccccc67)sc5n(c2c1)c34. The minimum absolute atomic E-state index is 1.05. The molecule has 29 heavy (non-hydrogen) atoms. The lowest BCUT2D eigenvalue weighted by atomic mass is 10.1. The standard InChI is InChI=1S/C25H15N3S/c1-14-6-7-17-19-12-26-13-20-18-11-22(29-25(18)28(24(19)20)21(17)10-14)23-16-5-3-2-4-15(16)8-9-27-23/h2-13H,1H3. The van der Waals surface area contributed by atoms with E-state index < -0.39 is 0 Å². The Hall–Kier alpha value is -3.50. The van der Waals surface area contributed by atoms with Gasteiger partial charge in [-0.2, -0.15) is 0 Å². The second kappa shape index (κ2) is 5.31. The van der Waals surface area contributed by atoms with Gasteiger partial charge in [0.1, 0.15) is 4.83 Å². The summed E-state index contributed by atoms with van der Waals surface area (Å²) in [5.74, 6) is 0. The minimum Gasteiger partial charge on any atom is -0.299 e. The van der Waals surface area contributed by atoms with E-state index in [0.29, 0.717) is 0 Å². The van der Waals surface area contributed by atoms with Crippen LogP contribution in [0.1, 0.15) is 5.56 Å². The average Bonchev–Trinajstić information content (AvgIpc) is 3.40. The summed E-state index contributed by atoms with van der Waals surface area (Å²) in [5, 5.41) is 7.39. The third kappa shape index (κ3) is 1.91. The summed E-state index contributed by atoms with van der Waals surface area (Å²) in [6.45, 7) is 2.15. The molecule has 136 valence electrons. The Morgan fingerprint density at radius 1 is 0.828 bits per heavy atom. The fraction of sp³-hybridized carbons (Fsp3) is 0.0400. The van der Waals surface area contributed by atoms with Crippen LogP contribution in [0.3, 0.4) is 0 Å². The first-order valence-corrected chi connectivity index (χ1v) is 10.5. The Labute approximate surface area is 170 Å². The first kappa shape index (κ1) is 15.4. The molecular formula is C25H15N3S. The molecule has 0 atom stereocenters. The zero-order chi connectivity index (χ0) is 19.1. The highest BCUT2D eigenvalue weighted by molar-refractivity contribution is 7.22. The van der Waals surface area contributed by atoms with Crippen LogP contribution in [0.25, 0.3) is 58.8 Å². The van der Waals surface area contributed by atoms with Crippen molar-refractivity contribution in [3.05, 3.63) is 78.8 Å². The number of aromatic nitrogens is 3. The van der Waals surface area contributed by atoms with Crippen molar-refractivity contribution in [2.45, 2.75) is 6.92 Å². The minimum atomic E-state index is 1.05. The summed E-state index contributed by atoms with van der Waals surface area (Å²) in [6.07, 6.45) is 5.91. The summed E-state index contributed by atoms with van der Waals surface area (Å²) in [4.78, 5) is 11.8. The average molecular weight is 389 g/mol. The van der Waals surface area contributed by atoms with Gasteiger partial charge in [-0.1, -0.05) is 36.4 Å². The number of hydrogen-bond acceptors (Lipinski definition) is 3. The molecule has 7 aromatic rings. The lowest BCUT2D eigenvalue weighted by molar-refractivity contribution is 1.36. The van der Waals surface area contributed by atoms with Crippen LogP contribution < -0.4 is 0 Å². The van der Waals surface area contributed by atoms with Crippen LogP contribution in [-0.2, 0) is 0 Å². The van der Waals surface area contributed by atoms with Crippen molar-refractivity contribution in [1.29, 1.82) is 0 Å². The van der Waals surface area contributed by atoms with Gasteiger partial charge in [0.05, 0.1) is 21.6 Å². The number of rotatable bonds is 1. The van der Waals surface area contributed by atoms with Gasteiger partial charge in [0.2, 0.25) is 0 Å². The third-order valence-corrected chi connectivity index (χ3v) is 7.07. The molecule has 5 aromatic heterocycles. The Morgan fingerprint density at radius 3 is 2.62 bits per heavy atom. The van der Waals surface area contributed by atoms with Gasteiger partial charge in [-0.05, 0) is 36.1 Å². The van der Waals surface area contributed by atoms with Crippen molar-refractivity contribution in [3.63, 3.8) is 0 Å². The number of hydrogen-bond donors (Lipinski definition) is 0. The first-order valence-electron chi connectivity index (χ1n) is 9.67. The Balaban J connectivity index is 1.65. The van der Waals surface area contributed by atoms with Crippen molar-refractivity contribution >= 4 is 59.5 Å². The summed E-state index contributed by atoms with van der Waals surface area (Å²) in [5.41, 5.74) is 4.86. The fourth-order valence-corrected chi connectivity index (χ4v) is 5.85. The summed E-state index contributed by atoms with van der Waals surface area (Å²) < 4.78 is 2.42. The maximum absolute atomic E-state index is 4.74. The van der Waals surface area contributed by atoms with Gasteiger partial charge in [-0.3, -0.25) is 14.4 Å². The van der Waals surface area contributed by atoms with Gasteiger partial charge in [-0.25, -0.2) is 0 Å². The largest absolute Gasteiger partial charge is 0.299 e. The second-order valence-corrected chi connectivity index (χ2v) is 8.68. The lowest BCUT2D eigenvalue weighted by Crippen LogP contribution is -1.83. The van der Waals surface area contributed by atoms with Gasteiger partial charge in [-0.15, -0.1) is 11.3 Å². The molecule has 3 nitrogen and oxygen atoms in total. The van der Waals surface area contributed by atoms with E-state index in [1.165, 1.54) is 58.6 Å². The Morgan fingerprint density at radius 2 is 1.69 bits per heavy atom. The van der Waals surface area contributed by atoms with Gasteiger partial charge < -0.3 is 0 Å². The van der Waals surface area contributed by atoms with E-state index in [0.717, 1.165) is 5.69 Å². The summed E-state index contributed by atoms with van der Waals surface area (Å²) in [6, 6.07) is 19.5. The van der Waals surface area contributed by atoms with Crippen molar-refractivity contribution in [1.82, 2.24) is 14.4 Å². The van der Waals surface area contributed by atoms with Gasteiger partial charge in [0, 0.05) is 45.5 Å². The highest BCUT2D eigenvalue weighted by Gasteiger charge is 2.20. The van der Waals surface area contributed by atoms with Crippen LogP contribution >= 0.6 is 11.3 Å². The monoisotopic (exact) mass is 389 g/mol. The zero-order valence-corrected chi connectivity index (χ0v) is 16.5. The molecule has 0 radical (unpaired) electrons. The molecule has 0 aliphatic carbocycles. The smallest absolute Gasteiger partial charge is 0.109 e. The highest BCUT2D eigenvalue weighted by Crippen LogP contribution is 2.44. The Kier molecular flexibility index (Phi) is 2.82. The van der Waals surface area contributed by atoms with Crippen molar-refractivity contribution < 1.29 is 0 Å². The topological polar surface area (TPSA) is 30.2 Å². The number of benzene rings is 2. The van der Waals surface area contributed by atoms with E-state index in [-0.39, 0.29) is 0 Å². The third-order valence-electron chi connectivity index (χ3n) is 5.94. The fourth-order valence-electron chi connectivity index (χ4n) is 4.65. The van der Waals surface area contributed by atoms with E-state index in [1.807, 2.05) is 29.9 Å². The van der Waals surface area contributed by atoms with E-state index in [4.69, 9.17) is 4.98 Å². The van der Waals surface area contributed by atoms with Crippen LogP contribution in [0.5, 0.6) is 0 Å². The maximum atomic E-state index is 4.74. The summed E-state index contributed by atoms with van der Waals surface area (Å²) >= 11 is 1.82. The van der Waals surface area contributed by atoms with Crippen molar-refractivity contribution in [2.24, 2.45) is 0 Å². The summed E-state index contributed by atoms with van der Waals surface area (Å²) in [7, 11) is 0. The first-order chi connectivity index (χ1) is 14.3. The molecule has 5 heterocycles. The van der Waals surface area contributed by atoms with Crippen LogP contribution in [0.2, 0.25) is 0 Å². The molecule has 2 aromatic carbocycles. The Bertz CT molecular complexity index is 1720. The van der Waals surface area contributed by atoms with Gasteiger partial charge >= 0.3 is 0 Å². The molecule has 0 unspecified atom stereocenters. The molecule has 7 rings (SSSR count). The predicted octanol–water partition coefficient (Wildman–Crippen LogP) is 6.82. The quantitative estimate of drug-likeness (QED) is 0.308. The van der Waals surface area contributed by atoms with Crippen molar-refractivity contribution in [2.75, 3.05) is 0 Å². The molecule has 0 amide bonds. The number of thiophene rings is 1. The molecule has 0 bridgehead atoms. The van der Waals surface area contributed by atoms with E-state index in [1.54, 1.807) is 0 Å². The van der Waals surface area contributed by atoms with Gasteiger partial charge in [0.15, 0.2) is 0 Å². The molecule has 0 N–H and O–H groups in total. The lowest BCUT2D eigenvalue weighted by Gasteiger charge is -2.02. The molecule has 4 heteroatoms. The number of pyridine rings is 2. The molecule has 0 fully saturated rings. The molecule has 0 saturated carbocycles. The molecule has 0 aliphatic heterocycles. The van der Waals surface area contributed by atoms with Gasteiger partial charge in [0.25, 0.3) is 0 Å².